The summed E-state index contributed by atoms with van der Waals surface area (Å²) in [5.41, 5.74) is -1.92. The average molecular weight is 564 g/mol. The summed E-state index contributed by atoms with van der Waals surface area (Å²) in [6.07, 6.45) is -10.2. The zero-order valence-corrected chi connectivity index (χ0v) is 20.8. The summed E-state index contributed by atoms with van der Waals surface area (Å²) in [6.45, 7) is 0. The number of rotatable bonds is 5. The normalized spacial score (nSPS) is 12.3. The minimum atomic E-state index is -5.11. The van der Waals surface area contributed by atoms with E-state index in [0.29, 0.717) is 23.4 Å². The van der Waals surface area contributed by atoms with E-state index >= 15 is 0 Å². The number of halogens is 6. The molecule has 1 heterocycles. The Kier molecular flexibility index (Phi) is 7.63. The second-order valence-corrected chi connectivity index (χ2v) is 8.56. The Bertz CT molecular complexity index is 1540. The van der Waals surface area contributed by atoms with Gasteiger partial charge in [-0.2, -0.15) is 31.4 Å². The number of para-hydroxylation sites is 1. The molecule has 0 aliphatic carbocycles. The summed E-state index contributed by atoms with van der Waals surface area (Å²) in [5.74, 6) is 0. The molecule has 0 fully saturated rings. The number of thiocarbonyl (C=S) groups is 1. The first kappa shape index (κ1) is 27.6. The summed E-state index contributed by atoms with van der Waals surface area (Å²) in [4.78, 5) is 13.8. The second kappa shape index (κ2) is 10.8. The number of aromatic amines is 1. The third-order valence-corrected chi connectivity index (χ3v) is 5.86. The van der Waals surface area contributed by atoms with Gasteiger partial charge < -0.3 is 5.32 Å². The van der Waals surface area contributed by atoms with E-state index in [0.717, 1.165) is 4.68 Å². The van der Waals surface area contributed by atoms with Gasteiger partial charge in [-0.3, -0.25) is 15.3 Å². The van der Waals surface area contributed by atoms with E-state index in [1.165, 1.54) is 7.05 Å². The van der Waals surface area contributed by atoms with Gasteiger partial charge in [0.15, 0.2) is 5.11 Å². The maximum absolute atomic E-state index is 13.8. The zero-order valence-electron chi connectivity index (χ0n) is 20.0. The molecule has 4 aromatic rings. The highest BCUT2D eigenvalue weighted by Crippen LogP contribution is 2.37. The van der Waals surface area contributed by atoms with Gasteiger partial charge in [0.05, 0.1) is 28.1 Å². The minimum Gasteiger partial charge on any atom is -0.364 e. The molecule has 0 aliphatic rings. The van der Waals surface area contributed by atoms with Gasteiger partial charge in [-0.05, 0) is 42.5 Å². The third kappa shape index (κ3) is 6.03. The summed E-state index contributed by atoms with van der Waals surface area (Å²) >= 11 is 5.00. The van der Waals surface area contributed by atoms with E-state index < -0.39 is 40.3 Å². The number of nitrogens with one attached hydrogen (secondary N) is 3. The number of hydrazone groups is 1. The lowest BCUT2D eigenvalue weighted by Crippen LogP contribution is -2.31. The molecule has 0 amide bonds. The molecule has 0 radical (unpaired) electrons. The topological polar surface area (TPSA) is 74.2 Å². The Labute approximate surface area is 223 Å². The van der Waals surface area contributed by atoms with Crippen LogP contribution in [0.25, 0.3) is 16.9 Å². The highest BCUT2D eigenvalue weighted by Gasteiger charge is 2.38. The van der Waals surface area contributed by atoms with Crippen LogP contribution in [0, 0.1) is 0 Å². The van der Waals surface area contributed by atoms with Crippen molar-refractivity contribution in [3.05, 3.63) is 111 Å². The number of hydrogen-bond acceptors (Lipinski definition) is 3. The SMILES string of the molecule is CNC(=S)N/N=C(\c1cc(C(F)(F)F)cc(C(F)(F)F)c1)c1c(-c2ccccc2)[nH]n(-c2ccccc2)c1=O. The molecule has 1 aromatic heterocycles. The van der Waals surface area contributed by atoms with Crippen LogP contribution in [-0.4, -0.2) is 27.7 Å². The van der Waals surface area contributed by atoms with Gasteiger partial charge in [0.1, 0.15) is 5.71 Å². The van der Waals surface area contributed by atoms with Gasteiger partial charge in [-0.25, -0.2) is 4.68 Å². The van der Waals surface area contributed by atoms with Crippen molar-refractivity contribution in [2.24, 2.45) is 5.10 Å². The Morgan fingerprint density at radius 3 is 1.92 bits per heavy atom. The first-order valence-electron chi connectivity index (χ1n) is 11.2. The minimum absolute atomic E-state index is 0.00423. The average Bonchev–Trinajstić information content (AvgIpc) is 3.25. The molecule has 0 spiro atoms. The zero-order chi connectivity index (χ0) is 28.4. The van der Waals surface area contributed by atoms with Crippen molar-refractivity contribution < 1.29 is 26.3 Å². The molecule has 202 valence electrons. The molecule has 0 bridgehead atoms. The number of benzene rings is 3. The third-order valence-electron chi connectivity index (χ3n) is 5.56. The quantitative estimate of drug-likeness (QED) is 0.126. The lowest BCUT2D eigenvalue weighted by atomic mass is 9.95. The fourth-order valence-corrected chi connectivity index (χ4v) is 3.79. The number of nitrogens with zero attached hydrogens (tertiary/aromatic N) is 2. The smallest absolute Gasteiger partial charge is 0.364 e. The van der Waals surface area contributed by atoms with Crippen LogP contribution in [0.3, 0.4) is 0 Å². The molecule has 39 heavy (non-hydrogen) atoms. The first-order chi connectivity index (χ1) is 18.4. The van der Waals surface area contributed by atoms with Crippen molar-refractivity contribution in [3.8, 4) is 16.9 Å². The standard InChI is InChI=1S/C26H19F6N5OS/c1-33-24(39)35-34-21(16-12-17(25(27,28)29)14-18(13-16)26(30,31)32)20-22(15-8-4-2-5-9-15)36-37(23(20)38)19-10-6-3-7-11-19/h2-14,36H,1H3,(H2,33,35,39)/b34-21+. The van der Waals surface area contributed by atoms with Crippen LogP contribution in [0.4, 0.5) is 26.3 Å². The van der Waals surface area contributed by atoms with Gasteiger partial charge in [-0.1, -0.05) is 48.5 Å². The van der Waals surface area contributed by atoms with E-state index in [9.17, 15) is 31.1 Å². The molecule has 4 rings (SSSR count). The Balaban J connectivity index is 2.08. The summed E-state index contributed by atoms with van der Waals surface area (Å²) in [6, 6.07) is 17.5. The molecule has 3 N–H and O–H groups in total. The van der Waals surface area contributed by atoms with E-state index in [1.54, 1.807) is 60.7 Å². The summed E-state index contributed by atoms with van der Waals surface area (Å²) in [5, 5.41) is 9.42. The van der Waals surface area contributed by atoms with Crippen LogP contribution < -0.4 is 16.3 Å². The monoisotopic (exact) mass is 563 g/mol. The van der Waals surface area contributed by atoms with Crippen molar-refractivity contribution in [3.63, 3.8) is 0 Å². The van der Waals surface area contributed by atoms with E-state index in [1.807, 2.05) is 0 Å². The highest BCUT2D eigenvalue weighted by molar-refractivity contribution is 7.80. The molecule has 13 heteroatoms. The molecule has 0 atom stereocenters. The lowest BCUT2D eigenvalue weighted by Gasteiger charge is -2.15. The van der Waals surface area contributed by atoms with Crippen LogP contribution >= 0.6 is 12.2 Å². The molecule has 0 saturated carbocycles. The lowest BCUT2D eigenvalue weighted by molar-refractivity contribution is -0.143. The molecule has 6 nitrogen and oxygen atoms in total. The molecular formula is C26H19F6N5OS. The van der Waals surface area contributed by atoms with Crippen molar-refractivity contribution in [1.29, 1.82) is 0 Å². The predicted molar refractivity (Wildman–Crippen MR) is 139 cm³/mol. The molecule has 0 saturated heterocycles. The van der Waals surface area contributed by atoms with Gasteiger partial charge in [0, 0.05) is 18.2 Å². The molecule has 0 unspecified atom stereocenters. The number of alkyl halides is 6. The molecule has 0 aliphatic heterocycles. The summed E-state index contributed by atoms with van der Waals surface area (Å²) in [7, 11) is 1.44. The van der Waals surface area contributed by atoms with Crippen LogP contribution in [0.2, 0.25) is 0 Å². The van der Waals surface area contributed by atoms with Crippen molar-refractivity contribution >= 4 is 23.0 Å². The van der Waals surface area contributed by atoms with Gasteiger partial charge >= 0.3 is 12.4 Å². The maximum atomic E-state index is 13.8. The Morgan fingerprint density at radius 1 is 0.872 bits per heavy atom. The predicted octanol–water partition coefficient (Wildman–Crippen LogP) is 5.72. The van der Waals surface area contributed by atoms with Gasteiger partial charge in [-0.15, -0.1) is 0 Å². The van der Waals surface area contributed by atoms with Crippen LogP contribution in [-0.2, 0) is 12.4 Å². The number of H-pyrrole nitrogens is 1. The van der Waals surface area contributed by atoms with E-state index in [-0.39, 0.29) is 22.4 Å². The van der Waals surface area contributed by atoms with Crippen LogP contribution in [0.5, 0.6) is 0 Å². The van der Waals surface area contributed by atoms with Crippen molar-refractivity contribution in [2.45, 2.75) is 12.4 Å². The Morgan fingerprint density at radius 2 is 1.41 bits per heavy atom. The second-order valence-electron chi connectivity index (χ2n) is 8.15. The van der Waals surface area contributed by atoms with E-state index in [4.69, 9.17) is 12.2 Å². The highest BCUT2D eigenvalue weighted by atomic mass is 32.1. The fourth-order valence-electron chi connectivity index (χ4n) is 3.75. The van der Waals surface area contributed by atoms with Crippen molar-refractivity contribution in [2.75, 3.05) is 7.05 Å². The Hall–Kier alpha value is -4.39. The fraction of sp³-hybridized carbons (Fsp3) is 0.115. The largest absolute Gasteiger partial charge is 0.416 e. The van der Waals surface area contributed by atoms with Crippen LogP contribution in [0.15, 0.2) is 88.8 Å². The van der Waals surface area contributed by atoms with Crippen molar-refractivity contribution in [1.82, 2.24) is 20.5 Å². The van der Waals surface area contributed by atoms with Gasteiger partial charge in [0.2, 0.25) is 0 Å². The molecular weight excluding hydrogens is 544 g/mol. The number of hydrogen-bond donors (Lipinski definition) is 3. The maximum Gasteiger partial charge on any atom is 0.416 e. The van der Waals surface area contributed by atoms with Gasteiger partial charge in [0.25, 0.3) is 5.56 Å². The molecule has 3 aromatic carbocycles. The number of aromatic nitrogens is 2. The van der Waals surface area contributed by atoms with E-state index in [2.05, 4.69) is 20.9 Å². The van der Waals surface area contributed by atoms with Crippen LogP contribution in [0.1, 0.15) is 22.3 Å². The summed E-state index contributed by atoms with van der Waals surface area (Å²) < 4.78 is 83.3. The first-order valence-corrected chi connectivity index (χ1v) is 11.6.